The molecule has 1 aromatic carbocycles. The highest BCUT2D eigenvalue weighted by Crippen LogP contribution is 2.27. The molecular formula is C22H30N2O7S. The first kappa shape index (κ1) is 25.6. The van der Waals surface area contributed by atoms with Crippen LogP contribution in [0.25, 0.3) is 0 Å². The Labute approximate surface area is 188 Å². The van der Waals surface area contributed by atoms with Crippen molar-refractivity contribution in [3.63, 3.8) is 0 Å². The Bertz CT molecular complexity index is 1090. The van der Waals surface area contributed by atoms with Crippen molar-refractivity contribution < 1.29 is 32.2 Å². The summed E-state index contributed by atoms with van der Waals surface area (Å²) < 4.78 is 44.5. The molecule has 176 valence electrons. The maximum absolute atomic E-state index is 13.5. The highest BCUT2D eigenvalue weighted by atomic mass is 32.2. The Kier molecular flexibility index (Phi) is 8.22. The Morgan fingerprint density at radius 2 is 1.69 bits per heavy atom. The lowest BCUT2D eigenvalue weighted by Gasteiger charge is -2.27. The molecule has 10 heteroatoms. The minimum absolute atomic E-state index is 0.0213. The summed E-state index contributed by atoms with van der Waals surface area (Å²) in [5, 5.41) is 0. The van der Waals surface area contributed by atoms with Gasteiger partial charge in [-0.15, -0.1) is 0 Å². The molecule has 0 radical (unpaired) electrons. The van der Waals surface area contributed by atoms with Crippen molar-refractivity contribution in [2.75, 3.05) is 34.5 Å². The number of Topliss-reactive ketones (excluding diaryl/α,β-unsaturated/α-hetero) is 1. The van der Waals surface area contributed by atoms with E-state index in [1.165, 1.54) is 40.4 Å². The van der Waals surface area contributed by atoms with E-state index in [1.807, 2.05) is 0 Å². The normalized spacial score (nSPS) is 12.6. The van der Waals surface area contributed by atoms with Crippen LogP contribution < -0.4 is 4.74 Å². The van der Waals surface area contributed by atoms with E-state index in [4.69, 9.17) is 14.2 Å². The summed E-state index contributed by atoms with van der Waals surface area (Å²) in [4.78, 5) is 25.7. The Balaban J connectivity index is 2.53. The number of rotatable bonds is 10. The van der Waals surface area contributed by atoms with Gasteiger partial charge in [-0.1, -0.05) is 0 Å². The van der Waals surface area contributed by atoms with Crippen molar-refractivity contribution >= 4 is 21.8 Å². The molecule has 9 nitrogen and oxygen atoms in total. The third-order valence-electron chi connectivity index (χ3n) is 5.55. The van der Waals surface area contributed by atoms with Gasteiger partial charge in [0, 0.05) is 32.0 Å². The molecule has 1 aromatic heterocycles. The molecule has 0 aliphatic rings. The molecule has 1 unspecified atom stereocenters. The average molecular weight is 467 g/mol. The van der Waals surface area contributed by atoms with Crippen molar-refractivity contribution in [1.82, 2.24) is 8.87 Å². The molecule has 0 bridgehead atoms. The number of aromatic nitrogens is 1. The van der Waals surface area contributed by atoms with Crippen LogP contribution in [0, 0.1) is 13.8 Å². The van der Waals surface area contributed by atoms with Crippen LogP contribution in [-0.2, 0) is 26.5 Å². The first-order valence-electron chi connectivity index (χ1n) is 9.96. The fourth-order valence-corrected chi connectivity index (χ4v) is 5.23. The van der Waals surface area contributed by atoms with Crippen molar-refractivity contribution in [2.24, 2.45) is 7.05 Å². The van der Waals surface area contributed by atoms with Gasteiger partial charge in [0.25, 0.3) is 0 Å². The Hall–Kier alpha value is -2.69. The number of carbonyl (C=O) groups excluding carboxylic acids is 2. The SMILES string of the molecule is COCCN(C(C)C(=O)c1c(C)c(C(=O)OC)n(C)c1C)S(=O)(=O)c1ccc(OC)cc1. The maximum Gasteiger partial charge on any atom is 0.354 e. The number of esters is 1. The van der Waals surface area contributed by atoms with Gasteiger partial charge >= 0.3 is 5.97 Å². The standard InChI is InChI=1S/C22H30N2O7S/c1-14-19(15(2)23(4)20(14)22(26)31-7)21(25)16(3)24(12-13-29-5)32(27,28)18-10-8-17(30-6)9-11-18/h8-11,16H,12-13H2,1-7H3. The third-order valence-corrected chi connectivity index (χ3v) is 7.53. The molecular weight excluding hydrogens is 436 g/mol. The van der Waals surface area contributed by atoms with E-state index >= 15 is 0 Å². The van der Waals surface area contributed by atoms with Gasteiger partial charge < -0.3 is 18.8 Å². The molecule has 32 heavy (non-hydrogen) atoms. The maximum atomic E-state index is 13.5. The van der Waals surface area contributed by atoms with Gasteiger partial charge in [-0.05, 0) is 50.6 Å². The molecule has 2 aromatic rings. The van der Waals surface area contributed by atoms with Crippen LogP contribution in [0.2, 0.25) is 0 Å². The summed E-state index contributed by atoms with van der Waals surface area (Å²) in [5.41, 5.74) is 1.55. The predicted octanol–water partition coefficient (Wildman–Crippen LogP) is 2.35. The van der Waals surface area contributed by atoms with Gasteiger partial charge in [0.1, 0.15) is 11.4 Å². The number of benzene rings is 1. The number of methoxy groups -OCH3 is 3. The lowest BCUT2D eigenvalue weighted by Crippen LogP contribution is -2.45. The number of hydrogen-bond acceptors (Lipinski definition) is 7. The van der Waals surface area contributed by atoms with Gasteiger partial charge in [0.15, 0.2) is 5.78 Å². The van der Waals surface area contributed by atoms with Crippen LogP contribution in [0.5, 0.6) is 5.75 Å². The van der Waals surface area contributed by atoms with Crippen molar-refractivity contribution in [2.45, 2.75) is 31.7 Å². The average Bonchev–Trinajstić information content (AvgIpc) is 3.00. The van der Waals surface area contributed by atoms with E-state index in [-0.39, 0.29) is 23.7 Å². The van der Waals surface area contributed by atoms with Gasteiger partial charge in [-0.3, -0.25) is 4.79 Å². The van der Waals surface area contributed by atoms with E-state index in [2.05, 4.69) is 0 Å². The monoisotopic (exact) mass is 466 g/mol. The molecule has 0 saturated carbocycles. The highest BCUT2D eigenvalue weighted by molar-refractivity contribution is 7.89. The van der Waals surface area contributed by atoms with Gasteiger partial charge in [0.2, 0.25) is 10.0 Å². The van der Waals surface area contributed by atoms with Gasteiger partial charge in [-0.25, -0.2) is 13.2 Å². The molecule has 0 saturated heterocycles. The predicted molar refractivity (Wildman–Crippen MR) is 119 cm³/mol. The van der Waals surface area contributed by atoms with Crippen LogP contribution in [-0.4, -0.2) is 69.6 Å². The molecule has 0 amide bonds. The topological polar surface area (TPSA) is 104 Å². The summed E-state index contributed by atoms with van der Waals surface area (Å²) in [6.45, 7) is 4.97. The second kappa shape index (κ2) is 10.3. The summed E-state index contributed by atoms with van der Waals surface area (Å²) in [5.74, 6) is -0.469. The van der Waals surface area contributed by atoms with E-state index in [1.54, 1.807) is 37.6 Å². The second-order valence-electron chi connectivity index (χ2n) is 7.31. The number of ether oxygens (including phenoxy) is 3. The lowest BCUT2D eigenvalue weighted by atomic mass is 10.0. The molecule has 0 N–H and O–H groups in total. The van der Waals surface area contributed by atoms with Crippen LogP contribution in [0.4, 0.5) is 0 Å². The minimum atomic E-state index is -4.02. The first-order chi connectivity index (χ1) is 15.0. The molecule has 0 spiro atoms. The van der Waals surface area contributed by atoms with Crippen molar-refractivity contribution in [3.8, 4) is 5.75 Å². The molecule has 1 heterocycles. The van der Waals surface area contributed by atoms with Crippen LogP contribution in [0.15, 0.2) is 29.2 Å². The van der Waals surface area contributed by atoms with E-state index in [0.29, 0.717) is 22.6 Å². The summed E-state index contributed by atoms with van der Waals surface area (Å²) in [6.07, 6.45) is 0. The molecule has 2 rings (SSSR count). The summed E-state index contributed by atoms with van der Waals surface area (Å²) in [6, 6.07) is 4.91. The lowest BCUT2D eigenvalue weighted by molar-refractivity contribution is 0.0588. The fraction of sp³-hybridized carbons (Fsp3) is 0.455. The number of nitrogens with zero attached hydrogens (tertiary/aromatic N) is 2. The summed E-state index contributed by atoms with van der Waals surface area (Å²) in [7, 11) is 1.85. The van der Waals surface area contributed by atoms with Crippen molar-refractivity contribution in [3.05, 3.63) is 46.8 Å². The number of sulfonamides is 1. The zero-order valence-corrected chi connectivity index (χ0v) is 20.3. The number of hydrogen-bond donors (Lipinski definition) is 0. The van der Waals surface area contributed by atoms with E-state index in [0.717, 1.165) is 4.31 Å². The molecule has 0 fully saturated rings. The third kappa shape index (κ3) is 4.72. The van der Waals surface area contributed by atoms with Gasteiger partial charge in [-0.2, -0.15) is 4.31 Å². The molecule has 0 aliphatic carbocycles. The zero-order valence-electron chi connectivity index (χ0n) is 19.5. The quantitative estimate of drug-likeness (QED) is 0.391. The Morgan fingerprint density at radius 3 is 2.19 bits per heavy atom. The number of ketones is 1. The van der Waals surface area contributed by atoms with E-state index in [9.17, 15) is 18.0 Å². The zero-order chi connectivity index (χ0) is 24.2. The van der Waals surface area contributed by atoms with Gasteiger partial charge in [0.05, 0.1) is 31.8 Å². The largest absolute Gasteiger partial charge is 0.497 e. The minimum Gasteiger partial charge on any atom is -0.497 e. The molecule has 1 atom stereocenters. The summed E-state index contributed by atoms with van der Waals surface area (Å²) >= 11 is 0. The van der Waals surface area contributed by atoms with Crippen LogP contribution >= 0.6 is 0 Å². The fourth-order valence-electron chi connectivity index (χ4n) is 3.65. The van der Waals surface area contributed by atoms with Crippen molar-refractivity contribution in [1.29, 1.82) is 0 Å². The smallest absolute Gasteiger partial charge is 0.354 e. The Morgan fingerprint density at radius 1 is 1.09 bits per heavy atom. The van der Waals surface area contributed by atoms with Crippen LogP contribution in [0.1, 0.15) is 39.0 Å². The first-order valence-corrected chi connectivity index (χ1v) is 11.4. The molecule has 0 aliphatic heterocycles. The highest BCUT2D eigenvalue weighted by Gasteiger charge is 2.36. The van der Waals surface area contributed by atoms with Crippen LogP contribution in [0.3, 0.4) is 0 Å². The number of carbonyl (C=O) groups is 2. The second-order valence-corrected chi connectivity index (χ2v) is 9.20. The van der Waals surface area contributed by atoms with E-state index < -0.39 is 27.8 Å².